The van der Waals surface area contributed by atoms with E-state index in [9.17, 15) is 4.79 Å². The number of carbonyl (C=O) groups excluding carboxylic acids is 1. The zero-order valence-corrected chi connectivity index (χ0v) is 11.3. The van der Waals surface area contributed by atoms with Gasteiger partial charge >= 0.3 is 6.03 Å². The van der Waals surface area contributed by atoms with Gasteiger partial charge in [0.1, 0.15) is 5.76 Å². The van der Waals surface area contributed by atoms with Crippen LogP contribution in [0.15, 0.2) is 22.8 Å². The summed E-state index contributed by atoms with van der Waals surface area (Å²) in [5.74, 6) is 0.913. The number of furan rings is 1. The van der Waals surface area contributed by atoms with Crippen molar-refractivity contribution in [2.24, 2.45) is 0 Å². The first kappa shape index (κ1) is 12.6. The molecule has 1 aromatic heterocycles. The third-order valence-corrected chi connectivity index (χ3v) is 4.32. The lowest BCUT2D eigenvalue weighted by Crippen LogP contribution is -2.45. The van der Waals surface area contributed by atoms with Crippen LogP contribution in [-0.2, 0) is 0 Å². The molecule has 4 nitrogen and oxygen atoms in total. The third kappa shape index (κ3) is 2.77. The first-order valence-electron chi connectivity index (χ1n) is 7.45. The lowest BCUT2D eigenvalue weighted by molar-refractivity contribution is 0.179. The largest absolute Gasteiger partial charge is 0.467 e. The molecule has 19 heavy (non-hydrogen) atoms. The molecule has 0 bridgehead atoms. The minimum atomic E-state index is 0.0887. The Labute approximate surface area is 114 Å². The van der Waals surface area contributed by atoms with Crippen LogP contribution < -0.4 is 5.32 Å². The van der Waals surface area contributed by atoms with Gasteiger partial charge < -0.3 is 14.6 Å². The van der Waals surface area contributed by atoms with E-state index in [1.165, 1.54) is 19.3 Å². The summed E-state index contributed by atoms with van der Waals surface area (Å²) in [4.78, 5) is 14.3. The van der Waals surface area contributed by atoms with Gasteiger partial charge in [0.05, 0.1) is 12.3 Å². The van der Waals surface area contributed by atoms with Crippen molar-refractivity contribution in [3.8, 4) is 0 Å². The molecule has 0 radical (unpaired) electrons. The maximum absolute atomic E-state index is 12.4. The van der Waals surface area contributed by atoms with Gasteiger partial charge in [0.15, 0.2) is 0 Å². The van der Waals surface area contributed by atoms with Crippen molar-refractivity contribution in [3.05, 3.63) is 24.2 Å². The maximum atomic E-state index is 12.4. The number of likely N-dealkylation sites (tertiary alicyclic amines) is 1. The molecular weight excluding hydrogens is 240 g/mol. The zero-order valence-electron chi connectivity index (χ0n) is 11.3. The molecule has 1 saturated heterocycles. The molecule has 2 aliphatic rings. The number of amides is 2. The van der Waals surface area contributed by atoms with Crippen LogP contribution in [0.4, 0.5) is 4.79 Å². The molecule has 2 amide bonds. The molecule has 2 fully saturated rings. The first-order valence-corrected chi connectivity index (χ1v) is 7.45. The highest BCUT2D eigenvalue weighted by Crippen LogP contribution is 2.32. The number of urea groups is 1. The summed E-state index contributed by atoms with van der Waals surface area (Å²) in [6, 6.07) is 4.45. The molecule has 1 saturated carbocycles. The Balaban J connectivity index is 1.62. The van der Waals surface area contributed by atoms with E-state index in [1.807, 2.05) is 17.0 Å². The van der Waals surface area contributed by atoms with Crippen molar-refractivity contribution in [2.75, 3.05) is 6.54 Å². The van der Waals surface area contributed by atoms with E-state index in [0.29, 0.717) is 6.04 Å². The summed E-state index contributed by atoms with van der Waals surface area (Å²) in [5, 5.41) is 3.20. The molecule has 2 heterocycles. The van der Waals surface area contributed by atoms with Gasteiger partial charge in [-0.05, 0) is 37.8 Å². The van der Waals surface area contributed by atoms with Crippen molar-refractivity contribution in [3.63, 3.8) is 0 Å². The van der Waals surface area contributed by atoms with Crippen molar-refractivity contribution < 1.29 is 9.21 Å². The van der Waals surface area contributed by atoms with Crippen LogP contribution in [0.2, 0.25) is 0 Å². The second-order valence-electron chi connectivity index (χ2n) is 5.65. The summed E-state index contributed by atoms with van der Waals surface area (Å²) in [5.41, 5.74) is 0. The summed E-state index contributed by atoms with van der Waals surface area (Å²) < 4.78 is 5.47. The molecule has 104 valence electrons. The van der Waals surface area contributed by atoms with Crippen LogP contribution >= 0.6 is 0 Å². The van der Waals surface area contributed by atoms with Gasteiger partial charge in [0.2, 0.25) is 0 Å². The van der Waals surface area contributed by atoms with Gasteiger partial charge in [-0.3, -0.25) is 0 Å². The summed E-state index contributed by atoms with van der Waals surface area (Å²) in [7, 11) is 0. The van der Waals surface area contributed by atoms with Crippen molar-refractivity contribution in [1.82, 2.24) is 10.2 Å². The molecule has 0 aromatic carbocycles. The van der Waals surface area contributed by atoms with Crippen LogP contribution in [0.3, 0.4) is 0 Å². The quantitative estimate of drug-likeness (QED) is 0.887. The molecule has 1 N–H and O–H groups in total. The average molecular weight is 262 g/mol. The van der Waals surface area contributed by atoms with Gasteiger partial charge in [0.25, 0.3) is 0 Å². The second-order valence-corrected chi connectivity index (χ2v) is 5.65. The molecule has 1 aromatic rings. The van der Waals surface area contributed by atoms with Crippen LogP contribution in [0.5, 0.6) is 0 Å². The fraction of sp³-hybridized carbons (Fsp3) is 0.667. The molecule has 1 atom stereocenters. The highest BCUT2D eigenvalue weighted by atomic mass is 16.3. The topological polar surface area (TPSA) is 45.5 Å². The highest BCUT2D eigenvalue weighted by molar-refractivity contribution is 5.75. The summed E-state index contributed by atoms with van der Waals surface area (Å²) >= 11 is 0. The smallest absolute Gasteiger partial charge is 0.318 e. The molecular formula is C15H22N2O2. The Morgan fingerprint density at radius 2 is 2.05 bits per heavy atom. The summed E-state index contributed by atoms with van der Waals surface area (Å²) in [6.07, 6.45) is 9.81. The van der Waals surface area contributed by atoms with Crippen LogP contribution in [0.1, 0.15) is 56.7 Å². The van der Waals surface area contributed by atoms with Gasteiger partial charge in [-0.15, -0.1) is 0 Å². The van der Waals surface area contributed by atoms with E-state index in [4.69, 9.17) is 4.42 Å². The number of nitrogens with one attached hydrogen (secondary N) is 1. The van der Waals surface area contributed by atoms with Crippen LogP contribution in [0, 0.1) is 0 Å². The van der Waals surface area contributed by atoms with E-state index in [-0.39, 0.29) is 12.1 Å². The van der Waals surface area contributed by atoms with Gasteiger partial charge in [-0.1, -0.05) is 19.3 Å². The Hall–Kier alpha value is -1.45. The van der Waals surface area contributed by atoms with E-state index in [2.05, 4.69) is 5.32 Å². The average Bonchev–Trinajstić information content (AvgIpc) is 3.10. The van der Waals surface area contributed by atoms with E-state index in [1.54, 1.807) is 6.26 Å². The van der Waals surface area contributed by atoms with Crippen molar-refractivity contribution >= 4 is 6.03 Å². The molecule has 1 aliphatic heterocycles. The van der Waals surface area contributed by atoms with Crippen molar-refractivity contribution in [1.29, 1.82) is 0 Å². The Bertz CT molecular complexity index is 410. The fourth-order valence-corrected chi connectivity index (χ4v) is 3.29. The van der Waals surface area contributed by atoms with Gasteiger partial charge in [-0.2, -0.15) is 0 Å². The Morgan fingerprint density at radius 1 is 1.21 bits per heavy atom. The highest BCUT2D eigenvalue weighted by Gasteiger charge is 2.32. The number of carbonyl (C=O) groups is 1. The minimum absolute atomic E-state index is 0.0887. The fourth-order valence-electron chi connectivity index (χ4n) is 3.29. The third-order valence-electron chi connectivity index (χ3n) is 4.32. The maximum Gasteiger partial charge on any atom is 0.318 e. The lowest BCUT2D eigenvalue weighted by atomic mass is 9.96. The minimum Gasteiger partial charge on any atom is -0.467 e. The number of nitrogens with zero attached hydrogens (tertiary/aromatic N) is 1. The first-order chi connectivity index (χ1) is 9.34. The second kappa shape index (κ2) is 5.68. The molecule has 0 spiro atoms. The molecule has 0 unspecified atom stereocenters. The predicted octanol–water partition coefficient (Wildman–Crippen LogP) is 3.46. The number of hydrogen-bond acceptors (Lipinski definition) is 2. The molecule has 1 aliphatic carbocycles. The lowest BCUT2D eigenvalue weighted by Gasteiger charge is -2.28. The predicted molar refractivity (Wildman–Crippen MR) is 72.8 cm³/mol. The van der Waals surface area contributed by atoms with Crippen LogP contribution in [-0.4, -0.2) is 23.5 Å². The molecule has 3 rings (SSSR count). The van der Waals surface area contributed by atoms with Gasteiger partial charge in [0, 0.05) is 12.6 Å². The van der Waals surface area contributed by atoms with Crippen molar-refractivity contribution in [2.45, 2.75) is 57.0 Å². The monoisotopic (exact) mass is 262 g/mol. The number of rotatable bonds is 2. The Morgan fingerprint density at radius 3 is 2.79 bits per heavy atom. The van der Waals surface area contributed by atoms with Gasteiger partial charge in [-0.25, -0.2) is 4.79 Å². The molecule has 4 heteroatoms. The van der Waals surface area contributed by atoms with Crippen LogP contribution in [0.25, 0.3) is 0 Å². The number of hydrogen-bond donors (Lipinski definition) is 1. The van der Waals surface area contributed by atoms with E-state index in [0.717, 1.165) is 38.0 Å². The Kier molecular flexibility index (Phi) is 3.76. The SMILES string of the molecule is O=C(NC1CCCCC1)N1CCC[C@@H]1c1ccco1. The zero-order chi connectivity index (χ0) is 13.1. The summed E-state index contributed by atoms with van der Waals surface area (Å²) in [6.45, 7) is 0.837. The normalized spacial score (nSPS) is 24.6. The van der Waals surface area contributed by atoms with E-state index >= 15 is 0 Å². The van der Waals surface area contributed by atoms with E-state index < -0.39 is 0 Å². The standard InChI is InChI=1S/C15H22N2O2/c18-15(16-12-6-2-1-3-7-12)17-10-4-8-13(17)14-9-5-11-19-14/h5,9,11-13H,1-4,6-8,10H2,(H,16,18)/t13-/m1/s1.